The molecule has 1 aliphatic rings. The van der Waals surface area contributed by atoms with Gasteiger partial charge in [-0.3, -0.25) is 4.79 Å². The molecule has 2 N–H and O–H groups in total. The number of hydrogen-bond acceptors (Lipinski definition) is 6. The van der Waals surface area contributed by atoms with Crippen molar-refractivity contribution in [1.82, 2.24) is 10.2 Å². The quantitative estimate of drug-likeness (QED) is 0.864. The number of nitrogens with two attached hydrogens (primary N) is 1. The lowest BCUT2D eigenvalue weighted by molar-refractivity contribution is -0.116. The molecular formula is C14H16N4O2S. The molecule has 1 unspecified atom stereocenters. The fourth-order valence-corrected chi connectivity index (χ4v) is 3.16. The van der Waals surface area contributed by atoms with Crippen LogP contribution >= 0.6 is 11.8 Å². The first-order valence-corrected chi connectivity index (χ1v) is 7.73. The first kappa shape index (κ1) is 14.1. The number of nitrogens with zero attached hydrogens (tertiary/aromatic N) is 3. The normalized spacial score (nSPS) is 17.0. The predicted molar refractivity (Wildman–Crippen MR) is 80.0 cm³/mol. The summed E-state index contributed by atoms with van der Waals surface area (Å²) in [5.74, 6) is 0.694. The van der Waals surface area contributed by atoms with E-state index in [1.807, 2.05) is 23.1 Å². The fourth-order valence-electron chi connectivity index (χ4n) is 2.52. The second kappa shape index (κ2) is 5.87. The van der Waals surface area contributed by atoms with Crippen molar-refractivity contribution in [3.05, 3.63) is 35.7 Å². The lowest BCUT2D eigenvalue weighted by Gasteiger charge is -2.22. The molecule has 1 atom stereocenters. The Morgan fingerprint density at radius 3 is 3.05 bits per heavy atom. The van der Waals surface area contributed by atoms with Crippen LogP contribution in [0.1, 0.15) is 18.4 Å². The Morgan fingerprint density at radius 2 is 2.29 bits per heavy atom. The maximum atomic E-state index is 12.5. The van der Waals surface area contributed by atoms with Crippen molar-refractivity contribution in [3.63, 3.8) is 0 Å². The van der Waals surface area contributed by atoms with Crippen LogP contribution in [0.4, 0.5) is 5.69 Å². The van der Waals surface area contributed by atoms with Crippen LogP contribution < -0.4 is 10.6 Å². The van der Waals surface area contributed by atoms with Crippen molar-refractivity contribution >= 4 is 23.4 Å². The van der Waals surface area contributed by atoms with Gasteiger partial charge in [0.25, 0.3) is 5.22 Å². The largest absolute Gasteiger partial charge is 0.415 e. The van der Waals surface area contributed by atoms with Gasteiger partial charge < -0.3 is 15.1 Å². The van der Waals surface area contributed by atoms with Crippen LogP contribution in [0.5, 0.6) is 0 Å². The zero-order valence-electron chi connectivity index (χ0n) is 11.7. The Morgan fingerprint density at radius 1 is 1.48 bits per heavy atom. The van der Waals surface area contributed by atoms with Crippen LogP contribution in [0, 0.1) is 0 Å². The van der Waals surface area contributed by atoms with Crippen molar-refractivity contribution in [2.75, 3.05) is 10.7 Å². The molecule has 6 nitrogen and oxygen atoms in total. The van der Waals surface area contributed by atoms with Crippen molar-refractivity contribution in [2.45, 2.75) is 31.2 Å². The first-order valence-electron chi connectivity index (χ1n) is 6.74. The molecular weight excluding hydrogens is 288 g/mol. The van der Waals surface area contributed by atoms with E-state index in [0.717, 1.165) is 12.1 Å². The molecule has 7 heteroatoms. The summed E-state index contributed by atoms with van der Waals surface area (Å²) in [5.41, 5.74) is 7.63. The number of thioether (sulfide) groups is 1. The van der Waals surface area contributed by atoms with Crippen molar-refractivity contribution in [1.29, 1.82) is 0 Å². The monoisotopic (exact) mass is 304 g/mol. The number of carbonyl (C=O) groups excluding carboxylic acids is 1. The van der Waals surface area contributed by atoms with E-state index in [0.29, 0.717) is 11.1 Å². The first-order chi connectivity index (χ1) is 10.2. The van der Waals surface area contributed by atoms with Crippen LogP contribution in [0.2, 0.25) is 0 Å². The Kier molecular flexibility index (Phi) is 3.94. The van der Waals surface area contributed by atoms with Gasteiger partial charge >= 0.3 is 0 Å². The van der Waals surface area contributed by atoms with E-state index in [-0.39, 0.29) is 24.2 Å². The molecule has 0 fully saturated rings. The number of anilines is 1. The molecule has 3 rings (SSSR count). The number of fused-ring (bicyclic) bond motifs is 1. The lowest BCUT2D eigenvalue weighted by atomic mass is 10.1. The van der Waals surface area contributed by atoms with Gasteiger partial charge in [-0.25, -0.2) is 0 Å². The summed E-state index contributed by atoms with van der Waals surface area (Å²) in [6, 6.07) is 8.19. The number of rotatable bonds is 4. The number of aromatic nitrogens is 2. The van der Waals surface area contributed by atoms with E-state index in [2.05, 4.69) is 23.2 Å². The molecule has 1 amide bonds. The van der Waals surface area contributed by atoms with E-state index < -0.39 is 0 Å². The van der Waals surface area contributed by atoms with Gasteiger partial charge in [0.1, 0.15) is 0 Å². The predicted octanol–water partition coefficient (Wildman–Crippen LogP) is 1.60. The topological polar surface area (TPSA) is 85.2 Å². The van der Waals surface area contributed by atoms with Gasteiger partial charge in [0.15, 0.2) is 0 Å². The molecule has 21 heavy (non-hydrogen) atoms. The Hall–Kier alpha value is -1.86. The summed E-state index contributed by atoms with van der Waals surface area (Å²) in [7, 11) is 0. The summed E-state index contributed by atoms with van der Waals surface area (Å²) in [5, 5.41) is 8.00. The van der Waals surface area contributed by atoms with Crippen molar-refractivity contribution in [2.24, 2.45) is 5.73 Å². The highest BCUT2D eigenvalue weighted by atomic mass is 32.2. The van der Waals surface area contributed by atoms with Crippen LogP contribution in [0.3, 0.4) is 0 Å². The standard InChI is InChI=1S/C14H16N4O2S/c1-9-6-10-4-2-3-5-11(10)18(9)13(19)8-21-14-17-16-12(7-15)20-14/h2-5,9H,6-8,15H2,1H3. The minimum absolute atomic E-state index is 0.0462. The van der Waals surface area contributed by atoms with Gasteiger partial charge in [-0.1, -0.05) is 30.0 Å². The van der Waals surface area contributed by atoms with E-state index >= 15 is 0 Å². The molecule has 1 aromatic carbocycles. The van der Waals surface area contributed by atoms with Gasteiger partial charge in [-0.05, 0) is 25.0 Å². The van der Waals surface area contributed by atoms with E-state index in [9.17, 15) is 4.79 Å². The molecule has 0 radical (unpaired) electrons. The molecule has 0 bridgehead atoms. The maximum Gasteiger partial charge on any atom is 0.277 e. The van der Waals surface area contributed by atoms with E-state index in [1.165, 1.54) is 17.3 Å². The Balaban J connectivity index is 1.68. The second-order valence-corrected chi connectivity index (χ2v) is 5.83. The van der Waals surface area contributed by atoms with Gasteiger partial charge in [0, 0.05) is 11.7 Å². The minimum Gasteiger partial charge on any atom is -0.415 e. The third-order valence-corrected chi connectivity index (χ3v) is 4.22. The summed E-state index contributed by atoms with van der Waals surface area (Å²) in [6.07, 6.45) is 0.893. The average molecular weight is 304 g/mol. The van der Waals surface area contributed by atoms with E-state index in [4.69, 9.17) is 10.2 Å². The molecule has 1 aromatic heterocycles. The summed E-state index contributed by atoms with van der Waals surface area (Å²) in [6.45, 7) is 2.26. The molecule has 110 valence electrons. The number of carbonyl (C=O) groups is 1. The molecule has 0 spiro atoms. The van der Waals surface area contributed by atoms with Crippen LogP contribution in [-0.2, 0) is 17.8 Å². The molecule has 0 aliphatic carbocycles. The fraction of sp³-hybridized carbons (Fsp3) is 0.357. The molecule has 0 saturated carbocycles. The highest BCUT2D eigenvalue weighted by Gasteiger charge is 2.30. The Labute approximate surface area is 126 Å². The molecule has 2 heterocycles. The van der Waals surface area contributed by atoms with E-state index in [1.54, 1.807) is 0 Å². The summed E-state index contributed by atoms with van der Waals surface area (Å²) < 4.78 is 5.29. The van der Waals surface area contributed by atoms with Gasteiger partial charge in [-0.15, -0.1) is 10.2 Å². The average Bonchev–Trinajstić information content (AvgIpc) is 3.07. The summed E-state index contributed by atoms with van der Waals surface area (Å²) >= 11 is 1.24. The SMILES string of the molecule is CC1Cc2ccccc2N1C(=O)CSc1nnc(CN)o1. The highest BCUT2D eigenvalue weighted by Crippen LogP contribution is 2.32. The summed E-state index contributed by atoms with van der Waals surface area (Å²) in [4.78, 5) is 14.3. The zero-order valence-corrected chi connectivity index (χ0v) is 12.5. The van der Waals surface area contributed by atoms with Gasteiger partial charge in [-0.2, -0.15) is 0 Å². The number of para-hydroxylation sites is 1. The molecule has 0 saturated heterocycles. The van der Waals surface area contributed by atoms with Gasteiger partial charge in [0.05, 0.1) is 12.3 Å². The van der Waals surface area contributed by atoms with Gasteiger partial charge in [0.2, 0.25) is 11.8 Å². The highest BCUT2D eigenvalue weighted by molar-refractivity contribution is 7.99. The van der Waals surface area contributed by atoms with Crippen LogP contribution in [0.15, 0.2) is 33.9 Å². The number of benzene rings is 1. The second-order valence-electron chi connectivity index (χ2n) is 4.90. The number of hydrogen-bond donors (Lipinski definition) is 1. The molecule has 1 aliphatic heterocycles. The maximum absolute atomic E-state index is 12.5. The third kappa shape index (κ3) is 2.79. The van der Waals surface area contributed by atoms with Crippen LogP contribution in [0.25, 0.3) is 0 Å². The lowest BCUT2D eigenvalue weighted by Crippen LogP contribution is -2.36. The molecule has 2 aromatic rings. The Bertz CT molecular complexity index is 658. The van der Waals surface area contributed by atoms with Crippen LogP contribution in [-0.4, -0.2) is 27.9 Å². The smallest absolute Gasteiger partial charge is 0.277 e. The van der Waals surface area contributed by atoms with Crippen molar-refractivity contribution in [3.8, 4) is 0 Å². The third-order valence-electron chi connectivity index (χ3n) is 3.42. The number of amides is 1. The van der Waals surface area contributed by atoms with Crippen molar-refractivity contribution < 1.29 is 9.21 Å². The zero-order chi connectivity index (χ0) is 14.8. The minimum atomic E-state index is 0.0462.